The molecule has 3 fully saturated rings. The van der Waals surface area contributed by atoms with Crippen molar-refractivity contribution < 1.29 is 14.3 Å². The van der Waals surface area contributed by atoms with Crippen LogP contribution in [0.15, 0.2) is 29.1 Å². The van der Waals surface area contributed by atoms with Crippen LogP contribution >= 0.6 is 0 Å². The van der Waals surface area contributed by atoms with Crippen molar-refractivity contribution in [3.63, 3.8) is 0 Å². The quantitative estimate of drug-likeness (QED) is 0.472. The molecule has 0 unspecified atom stereocenters. The summed E-state index contributed by atoms with van der Waals surface area (Å²) in [7, 11) is 0. The topological polar surface area (TPSA) is 88.8 Å². The molecule has 0 radical (unpaired) electrons. The average Bonchev–Trinajstić information content (AvgIpc) is 3.24. The first kappa shape index (κ1) is 31.6. The number of carbonyl (C=O) groups excluding carboxylic acids is 2. The van der Waals surface area contributed by atoms with E-state index < -0.39 is 5.60 Å². The molecule has 2 aromatic rings. The summed E-state index contributed by atoms with van der Waals surface area (Å²) in [4.78, 5) is 44.7. The van der Waals surface area contributed by atoms with Gasteiger partial charge in [0, 0.05) is 45.3 Å². The standard InChI is InChI=1S/C34H53N5O4/c1-5-38-29-15-11-12-16-30(29)39(32(38)41)28-19-20-36(23-25-13-9-7-6-8-10-14-25)24-27(28)31(40)35-26-17-21-37(22-18-26)33(42)43-34(2,3)4/h11-12,15-16,25-28H,5-10,13-14,17-24H2,1-4H3,(H,35,40)/t27-,28-/m0/s1. The largest absolute Gasteiger partial charge is 0.444 e. The van der Waals surface area contributed by atoms with Crippen LogP contribution in [0.4, 0.5) is 4.79 Å². The number of ether oxygens (including phenoxy) is 1. The molecule has 1 N–H and O–H groups in total. The Morgan fingerprint density at radius 3 is 2.21 bits per heavy atom. The number of aromatic nitrogens is 2. The lowest BCUT2D eigenvalue weighted by Crippen LogP contribution is -2.54. The van der Waals surface area contributed by atoms with E-state index in [-0.39, 0.29) is 35.7 Å². The van der Waals surface area contributed by atoms with E-state index in [0.717, 1.165) is 30.5 Å². The van der Waals surface area contributed by atoms with Crippen LogP contribution in [0.3, 0.4) is 0 Å². The summed E-state index contributed by atoms with van der Waals surface area (Å²) < 4.78 is 9.31. The second kappa shape index (κ2) is 13.9. The van der Waals surface area contributed by atoms with Gasteiger partial charge in [0.05, 0.1) is 23.0 Å². The third-order valence-corrected chi connectivity index (χ3v) is 9.75. The maximum Gasteiger partial charge on any atom is 0.410 e. The van der Waals surface area contributed by atoms with Gasteiger partial charge in [0.15, 0.2) is 0 Å². The number of likely N-dealkylation sites (tertiary alicyclic amines) is 2. The average molecular weight is 596 g/mol. The van der Waals surface area contributed by atoms with Crippen LogP contribution < -0.4 is 11.0 Å². The number of aryl methyl sites for hydroxylation is 1. The molecular weight excluding hydrogens is 542 g/mol. The van der Waals surface area contributed by atoms with Crippen molar-refractivity contribution in [2.45, 2.75) is 116 Å². The lowest BCUT2D eigenvalue weighted by molar-refractivity contribution is -0.129. The number of imidazole rings is 1. The number of hydrogen-bond donors (Lipinski definition) is 1. The maximum atomic E-state index is 14.1. The number of nitrogens with zero attached hydrogens (tertiary/aromatic N) is 4. The Kier molecular flexibility index (Phi) is 10.2. The second-order valence-corrected chi connectivity index (χ2v) is 14.1. The van der Waals surface area contributed by atoms with Crippen molar-refractivity contribution in [1.29, 1.82) is 0 Å². The van der Waals surface area contributed by atoms with Gasteiger partial charge in [-0.2, -0.15) is 0 Å². The number of hydrogen-bond acceptors (Lipinski definition) is 5. The minimum absolute atomic E-state index is 0.00141. The molecule has 238 valence electrons. The van der Waals surface area contributed by atoms with Gasteiger partial charge in [-0.05, 0) is 77.8 Å². The highest BCUT2D eigenvalue weighted by Gasteiger charge is 2.39. The monoisotopic (exact) mass is 595 g/mol. The molecule has 9 heteroatoms. The Morgan fingerprint density at radius 2 is 1.56 bits per heavy atom. The number of fused-ring (bicyclic) bond motifs is 1. The van der Waals surface area contributed by atoms with Crippen molar-refractivity contribution in [2.24, 2.45) is 11.8 Å². The zero-order chi connectivity index (χ0) is 30.6. The number of rotatable bonds is 6. The predicted molar refractivity (Wildman–Crippen MR) is 170 cm³/mol. The third-order valence-electron chi connectivity index (χ3n) is 9.75. The zero-order valence-corrected chi connectivity index (χ0v) is 26.9. The third kappa shape index (κ3) is 7.65. The Bertz CT molecular complexity index is 1290. The van der Waals surface area contributed by atoms with E-state index in [1.54, 1.807) is 4.90 Å². The molecule has 43 heavy (non-hydrogen) atoms. The zero-order valence-electron chi connectivity index (χ0n) is 26.9. The number of benzene rings is 1. The molecule has 2 aliphatic heterocycles. The van der Waals surface area contributed by atoms with E-state index in [1.165, 1.54) is 44.9 Å². The Balaban J connectivity index is 1.33. The van der Waals surface area contributed by atoms with Crippen molar-refractivity contribution >= 4 is 23.0 Å². The highest BCUT2D eigenvalue weighted by molar-refractivity contribution is 5.81. The van der Waals surface area contributed by atoms with Gasteiger partial charge >= 0.3 is 11.8 Å². The molecule has 2 atom stereocenters. The molecular formula is C34H53N5O4. The minimum atomic E-state index is -0.529. The van der Waals surface area contributed by atoms with Crippen molar-refractivity contribution in [3.05, 3.63) is 34.7 Å². The molecule has 1 aromatic carbocycles. The van der Waals surface area contributed by atoms with Crippen LogP contribution in [0.25, 0.3) is 11.0 Å². The number of piperidine rings is 2. The summed E-state index contributed by atoms with van der Waals surface area (Å²) >= 11 is 0. The first-order chi connectivity index (χ1) is 20.6. The Hall–Kier alpha value is -2.81. The summed E-state index contributed by atoms with van der Waals surface area (Å²) in [6.45, 7) is 12.0. The minimum Gasteiger partial charge on any atom is -0.444 e. The first-order valence-corrected chi connectivity index (χ1v) is 16.8. The van der Waals surface area contributed by atoms with Crippen LogP contribution in [0, 0.1) is 11.8 Å². The molecule has 3 aliphatic rings. The SMILES string of the molecule is CCn1c(=O)n([C@H]2CCN(CC3CCCCCCC3)C[C@@H]2C(=O)NC2CCN(C(=O)OC(C)(C)C)CC2)c2ccccc21. The Labute approximate surface area is 256 Å². The van der Waals surface area contributed by atoms with Crippen LogP contribution in [-0.4, -0.2) is 75.3 Å². The van der Waals surface area contributed by atoms with E-state index in [9.17, 15) is 14.4 Å². The van der Waals surface area contributed by atoms with Gasteiger partial charge in [-0.25, -0.2) is 9.59 Å². The molecule has 2 saturated heterocycles. The van der Waals surface area contributed by atoms with Crippen LogP contribution in [0.1, 0.15) is 97.9 Å². The van der Waals surface area contributed by atoms with E-state index >= 15 is 0 Å². The summed E-state index contributed by atoms with van der Waals surface area (Å²) in [5.74, 6) is 0.394. The van der Waals surface area contributed by atoms with Gasteiger partial charge in [-0.3, -0.25) is 13.9 Å². The summed E-state index contributed by atoms with van der Waals surface area (Å²) in [5, 5.41) is 3.36. The predicted octanol–water partition coefficient (Wildman–Crippen LogP) is 5.56. The van der Waals surface area contributed by atoms with Gasteiger partial charge in [-0.1, -0.05) is 44.2 Å². The van der Waals surface area contributed by atoms with E-state index in [0.29, 0.717) is 44.9 Å². The fourth-order valence-corrected chi connectivity index (χ4v) is 7.53. The lowest BCUT2D eigenvalue weighted by atomic mass is 9.87. The molecule has 1 aliphatic carbocycles. The highest BCUT2D eigenvalue weighted by Crippen LogP contribution is 2.33. The van der Waals surface area contributed by atoms with Crippen molar-refractivity contribution in [1.82, 2.24) is 24.3 Å². The van der Waals surface area contributed by atoms with Gasteiger partial charge in [0.25, 0.3) is 0 Å². The fourth-order valence-electron chi connectivity index (χ4n) is 7.53. The van der Waals surface area contributed by atoms with Gasteiger partial charge in [-0.15, -0.1) is 0 Å². The highest BCUT2D eigenvalue weighted by atomic mass is 16.6. The number of nitrogens with one attached hydrogen (secondary N) is 1. The maximum absolute atomic E-state index is 14.1. The fraction of sp³-hybridized carbons (Fsp3) is 0.735. The van der Waals surface area contributed by atoms with Gasteiger partial charge in [0.1, 0.15) is 5.60 Å². The molecule has 1 saturated carbocycles. The number of carbonyl (C=O) groups is 2. The van der Waals surface area contributed by atoms with Crippen LogP contribution in [-0.2, 0) is 16.1 Å². The molecule has 0 bridgehead atoms. The molecule has 1 aromatic heterocycles. The summed E-state index contributed by atoms with van der Waals surface area (Å²) in [6.07, 6.45) is 11.1. The normalized spacial score (nSPS) is 23.6. The number of amides is 2. The molecule has 0 spiro atoms. The number of para-hydroxylation sites is 2. The lowest BCUT2D eigenvalue weighted by Gasteiger charge is -2.41. The summed E-state index contributed by atoms with van der Waals surface area (Å²) in [5.41, 5.74) is 1.29. The molecule has 2 amide bonds. The molecule has 3 heterocycles. The smallest absolute Gasteiger partial charge is 0.410 e. The van der Waals surface area contributed by atoms with Crippen LogP contribution in [0.5, 0.6) is 0 Å². The second-order valence-electron chi connectivity index (χ2n) is 14.1. The van der Waals surface area contributed by atoms with Crippen LogP contribution in [0.2, 0.25) is 0 Å². The van der Waals surface area contributed by atoms with Gasteiger partial charge in [0.2, 0.25) is 5.91 Å². The van der Waals surface area contributed by atoms with Crippen molar-refractivity contribution in [2.75, 3.05) is 32.7 Å². The first-order valence-electron chi connectivity index (χ1n) is 16.8. The van der Waals surface area contributed by atoms with E-state index in [1.807, 2.05) is 61.1 Å². The van der Waals surface area contributed by atoms with E-state index in [4.69, 9.17) is 4.74 Å². The van der Waals surface area contributed by atoms with E-state index in [2.05, 4.69) is 10.2 Å². The molecule has 5 rings (SSSR count). The van der Waals surface area contributed by atoms with Crippen molar-refractivity contribution in [3.8, 4) is 0 Å². The molecule has 9 nitrogen and oxygen atoms in total. The summed E-state index contributed by atoms with van der Waals surface area (Å²) in [6, 6.07) is 7.79. The van der Waals surface area contributed by atoms with Gasteiger partial charge < -0.3 is 19.9 Å². The Morgan fingerprint density at radius 1 is 0.907 bits per heavy atom.